The molecule has 96 valence electrons. The average Bonchev–Trinajstić information content (AvgIpc) is 2.83. The average molecular weight is 280 g/mol. The Hall–Kier alpha value is -0.990. The zero-order valence-electron chi connectivity index (χ0n) is 10.9. The Kier molecular flexibility index (Phi) is 4.31. The summed E-state index contributed by atoms with van der Waals surface area (Å²) in [6, 6.07) is 10.6. The summed E-state index contributed by atoms with van der Waals surface area (Å²) in [6.07, 6.45) is 0. The van der Waals surface area contributed by atoms with Crippen molar-refractivity contribution >= 4 is 28.6 Å². The van der Waals surface area contributed by atoms with E-state index in [1.54, 1.807) is 11.3 Å². The second-order valence-corrected chi connectivity index (χ2v) is 6.26. The molecule has 0 radical (unpaired) electrons. The molecule has 18 heavy (non-hydrogen) atoms. The molecule has 0 aliphatic heterocycles. The highest BCUT2D eigenvalue weighted by Gasteiger charge is 2.17. The van der Waals surface area contributed by atoms with Crippen LogP contribution in [0.1, 0.15) is 30.3 Å². The number of thiophene rings is 1. The van der Waals surface area contributed by atoms with E-state index < -0.39 is 0 Å². The van der Waals surface area contributed by atoms with E-state index in [0.29, 0.717) is 12.0 Å². The van der Waals surface area contributed by atoms with Crippen molar-refractivity contribution < 1.29 is 0 Å². The van der Waals surface area contributed by atoms with Gasteiger partial charge in [0.25, 0.3) is 0 Å². The SMILES string of the molecule is Cc1ccc(Cl)cc1NC(c1cccs1)C(C)C. The Balaban J connectivity index is 2.27. The van der Waals surface area contributed by atoms with Crippen LogP contribution in [0.2, 0.25) is 5.02 Å². The van der Waals surface area contributed by atoms with Gasteiger partial charge in [-0.1, -0.05) is 37.6 Å². The number of halogens is 1. The van der Waals surface area contributed by atoms with Gasteiger partial charge in [-0.15, -0.1) is 11.3 Å². The van der Waals surface area contributed by atoms with Crippen molar-refractivity contribution in [1.82, 2.24) is 0 Å². The fraction of sp³-hybridized carbons (Fsp3) is 0.333. The van der Waals surface area contributed by atoms with E-state index in [1.165, 1.54) is 10.4 Å². The zero-order valence-corrected chi connectivity index (χ0v) is 12.5. The van der Waals surface area contributed by atoms with Crippen molar-refractivity contribution in [2.45, 2.75) is 26.8 Å². The standard InChI is InChI=1S/C15H18ClNS/c1-10(2)15(14-5-4-8-18-14)17-13-9-12(16)7-6-11(13)3/h4-10,15,17H,1-3H3. The lowest BCUT2D eigenvalue weighted by atomic mass is 10.0. The minimum Gasteiger partial charge on any atom is -0.377 e. The molecule has 1 N–H and O–H groups in total. The van der Waals surface area contributed by atoms with Crippen molar-refractivity contribution in [3.8, 4) is 0 Å². The van der Waals surface area contributed by atoms with Crippen molar-refractivity contribution in [1.29, 1.82) is 0 Å². The van der Waals surface area contributed by atoms with Crippen LogP contribution in [0.3, 0.4) is 0 Å². The van der Waals surface area contributed by atoms with Crippen LogP contribution in [0, 0.1) is 12.8 Å². The lowest BCUT2D eigenvalue weighted by molar-refractivity contribution is 0.553. The molecule has 0 amide bonds. The minimum atomic E-state index is 0.335. The van der Waals surface area contributed by atoms with E-state index in [4.69, 9.17) is 11.6 Å². The highest BCUT2D eigenvalue weighted by Crippen LogP contribution is 2.31. The first-order valence-electron chi connectivity index (χ1n) is 6.14. The summed E-state index contributed by atoms with van der Waals surface area (Å²) in [5, 5.41) is 6.51. The highest BCUT2D eigenvalue weighted by molar-refractivity contribution is 7.10. The van der Waals surface area contributed by atoms with E-state index >= 15 is 0 Å². The second-order valence-electron chi connectivity index (χ2n) is 4.84. The van der Waals surface area contributed by atoms with Crippen molar-refractivity contribution in [2.75, 3.05) is 5.32 Å². The molecule has 1 aromatic carbocycles. The summed E-state index contributed by atoms with van der Waals surface area (Å²) < 4.78 is 0. The Labute approximate surface area is 118 Å². The van der Waals surface area contributed by atoms with Gasteiger partial charge in [0.2, 0.25) is 0 Å². The lowest BCUT2D eigenvalue weighted by Gasteiger charge is -2.23. The molecule has 0 aliphatic rings. The molecule has 0 saturated carbocycles. The molecule has 1 atom stereocenters. The predicted molar refractivity (Wildman–Crippen MR) is 81.7 cm³/mol. The fourth-order valence-corrected chi connectivity index (χ4v) is 3.07. The number of anilines is 1. The third-order valence-electron chi connectivity index (χ3n) is 3.03. The Morgan fingerprint density at radius 1 is 1.22 bits per heavy atom. The van der Waals surface area contributed by atoms with Crippen LogP contribution in [-0.2, 0) is 0 Å². The zero-order chi connectivity index (χ0) is 13.1. The van der Waals surface area contributed by atoms with Gasteiger partial charge in [-0.25, -0.2) is 0 Å². The summed E-state index contributed by atoms with van der Waals surface area (Å²) in [4.78, 5) is 1.37. The van der Waals surface area contributed by atoms with Gasteiger partial charge in [0, 0.05) is 15.6 Å². The Morgan fingerprint density at radius 2 is 2.00 bits per heavy atom. The second kappa shape index (κ2) is 5.77. The summed E-state index contributed by atoms with van der Waals surface area (Å²) in [7, 11) is 0. The number of nitrogens with one attached hydrogen (secondary N) is 1. The molecule has 0 saturated heterocycles. The molecule has 0 aliphatic carbocycles. The third-order valence-corrected chi connectivity index (χ3v) is 4.22. The third kappa shape index (κ3) is 3.06. The van der Waals surface area contributed by atoms with Gasteiger partial charge < -0.3 is 5.32 Å². The van der Waals surface area contributed by atoms with Crippen molar-refractivity contribution in [2.24, 2.45) is 5.92 Å². The molecule has 0 fully saturated rings. The van der Waals surface area contributed by atoms with Gasteiger partial charge in [-0.05, 0) is 42.0 Å². The number of benzene rings is 1. The maximum Gasteiger partial charge on any atom is 0.0629 e. The Bertz CT molecular complexity index is 505. The first-order chi connectivity index (χ1) is 8.58. The molecular formula is C15H18ClNS. The molecule has 1 aromatic heterocycles. The molecule has 2 rings (SSSR count). The molecule has 1 heterocycles. The maximum atomic E-state index is 6.07. The van der Waals surface area contributed by atoms with E-state index in [-0.39, 0.29) is 0 Å². The van der Waals surface area contributed by atoms with E-state index in [2.05, 4.69) is 49.7 Å². The molecule has 2 aromatic rings. The van der Waals surface area contributed by atoms with Gasteiger partial charge in [0.05, 0.1) is 6.04 Å². The van der Waals surface area contributed by atoms with E-state index in [1.807, 2.05) is 12.1 Å². The quantitative estimate of drug-likeness (QED) is 0.777. The normalized spacial score (nSPS) is 12.7. The number of rotatable bonds is 4. The van der Waals surface area contributed by atoms with Crippen LogP contribution >= 0.6 is 22.9 Å². The summed E-state index contributed by atoms with van der Waals surface area (Å²) in [6.45, 7) is 6.57. The fourth-order valence-electron chi connectivity index (χ4n) is 1.95. The predicted octanol–water partition coefficient (Wildman–Crippen LogP) is 5.52. The van der Waals surface area contributed by atoms with Gasteiger partial charge in [-0.2, -0.15) is 0 Å². The van der Waals surface area contributed by atoms with Crippen LogP contribution in [0.15, 0.2) is 35.7 Å². The van der Waals surface area contributed by atoms with Crippen LogP contribution in [-0.4, -0.2) is 0 Å². The minimum absolute atomic E-state index is 0.335. The maximum absolute atomic E-state index is 6.07. The van der Waals surface area contributed by atoms with Crippen LogP contribution in [0.5, 0.6) is 0 Å². The van der Waals surface area contributed by atoms with Crippen molar-refractivity contribution in [3.63, 3.8) is 0 Å². The molecular weight excluding hydrogens is 262 g/mol. The monoisotopic (exact) mass is 279 g/mol. The summed E-state index contributed by atoms with van der Waals surface area (Å²) in [5.41, 5.74) is 2.34. The smallest absolute Gasteiger partial charge is 0.0629 e. The van der Waals surface area contributed by atoms with Crippen LogP contribution in [0.25, 0.3) is 0 Å². The summed E-state index contributed by atoms with van der Waals surface area (Å²) in [5.74, 6) is 0.530. The van der Waals surface area contributed by atoms with Crippen LogP contribution in [0.4, 0.5) is 5.69 Å². The van der Waals surface area contributed by atoms with Gasteiger partial charge in [0.15, 0.2) is 0 Å². The number of aryl methyl sites for hydroxylation is 1. The lowest BCUT2D eigenvalue weighted by Crippen LogP contribution is -2.16. The highest BCUT2D eigenvalue weighted by atomic mass is 35.5. The number of hydrogen-bond acceptors (Lipinski definition) is 2. The summed E-state index contributed by atoms with van der Waals surface area (Å²) >= 11 is 7.86. The van der Waals surface area contributed by atoms with Gasteiger partial charge in [0.1, 0.15) is 0 Å². The molecule has 3 heteroatoms. The van der Waals surface area contributed by atoms with Crippen molar-refractivity contribution in [3.05, 3.63) is 51.2 Å². The van der Waals surface area contributed by atoms with Crippen LogP contribution < -0.4 is 5.32 Å². The number of hydrogen-bond donors (Lipinski definition) is 1. The first-order valence-corrected chi connectivity index (χ1v) is 7.40. The largest absolute Gasteiger partial charge is 0.377 e. The van der Waals surface area contributed by atoms with Gasteiger partial charge in [-0.3, -0.25) is 0 Å². The van der Waals surface area contributed by atoms with E-state index in [0.717, 1.165) is 10.7 Å². The molecule has 1 nitrogen and oxygen atoms in total. The van der Waals surface area contributed by atoms with Gasteiger partial charge >= 0.3 is 0 Å². The Morgan fingerprint density at radius 3 is 2.61 bits per heavy atom. The topological polar surface area (TPSA) is 12.0 Å². The first kappa shape index (κ1) is 13.4. The molecule has 1 unspecified atom stereocenters. The molecule has 0 bridgehead atoms. The molecule has 0 spiro atoms. The van der Waals surface area contributed by atoms with E-state index in [9.17, 15) is 0 Å².